The highest BCUT2D eigenvalue weighted by Crippen LogP contribution is 2.32. The minimum absolute atomic E-state index is 0.0519. The number of nitrogens with zero attached hydrogens (tertiary/aromatic N) is 2. The van der Waals surface area contributed by atoms with Crippen LogP contribution in [0.3, 0.4) is 0 Å². The van der Waals surface area contributed by atoms with Gasteiger partial charge in [-0.25, -0.2) is 16.8 Å². The number of carbonyl (C=O) groups excluding carboxylic acids is 1. The van der Waals surface area contributed by atoms with Gasteiger partial charge in [-0.2, -0.15) is 10.2 Å². The minimum Gasteiger partial charge on any atom is -0.508 e. The first-order chi connectivity index (χ1) is 27.9. The molecule has 292 valence electrons. The molecule has 6 aromatic carbocycles. The van der Waals surface area contributed by atoms with E-state index in [0.717, 1.165) is 33.7 Å². The number of phenolic OH excluding ortho intramolecular Hbond substituents is 2. The van der Waals surface area contributed by atoms with Gasteiger partial charge in [0, 0.05) is 46.5 Å². The van der Waals surface area contributed by atoms with Crippen molar-refractivity contribution in [1.82, 2.24) is 10.9 Å². The maximum absolute atomic E-state index is 13.6. The third-order valence-electron chi connectivity index (χ3n) is 9.88. The van der Waals surface area contributed by atoms with Gasteiger partial charge in [0.1, 0.15) is 11.5 Å². The largest absolute Gasteiger partial charge is 0.508 e. The van der Waals surface area contributed by atoms with Crippen LogP contribution in [0.4, 0.5) is 11.4 Å². The molecule has 0 amide bonds. The highest BCUT2D eigenvalue weighted by Gasteiger charge is 2.26. The Morgan fingerprint density at radius 2 is 0.931 bits per heavy atom. The second-order valence-corrected chi connectivity index (χ2v) is 17.1. The van der Waals surface area contributed by atoms with E-state index in [0.29, 0.717) is 24.2 Å². The smallest absolute Gasteiger partial charge is 0.261 e. The lowest BCUT2D eigenvalue weighted by molar-refractivity contribution is 0.103. The average molecular weight is 813 g/mol. The van der Waals surface area contributed by atoms with Gasteiger partial charge in [0.15, 0.2) is 5.78 Å². The zero-order valence-electron chi connectivity index (χ0n) is 30.6. The molecule has 2 aliphatic heterocycles. The number of carbonyl (C=O) groups is 1. The summed E-state index contributed by atoms with van der Waals surface area (Å²) in [5.74, 6) is -0.212. The molecule has 0 spiro atoms. The van der Waals surface area contributed by atoms with E-state index in [2.05, 4.69) is 30.5 Å². The number of anilines is 2. The SMILES string of the molecule is O=C(c1cccc(S(=O)(=O)Nc2ccc(C3=NNC(c4ccccc4O)C3)cc2)c1)c1cccc(S(=O)(=O)Nc2ccc(C3=NNC(c4ccccc4O)C3)cc2)c1. The van der Waals surface area contributed by atoms with Crippen molar-refractivity contribution in [2.24, 2.45) is 10.2 Å². The molecule has 0 radical (unpaired) electrons. The summed E-state index contributed by atoms with van der Waals surface area (Å²) in [7, 11) is -8.25. The Balaban J connectivity index is 0.907. The third-order valence-corrected chi connectivity index (χ3v) is 12.6. The van der Waals surface area contributed by atoms with E-state index < -0.39 is 25.8 Å². The van der Waals surface area contributed by atoms with Crippen molar-refractivity contribution in [2.75, 3.05) is 9.44 Å². The zero-order valence-corrected chi connectivity index (χ0v) is 32.2. The van der Waals surface area contributed by atoms with Gasteiger partial charge in [0.2, 0.25) is 0 Å². The molecule has 6 N–H and O–H groups in total. The molecular formula is C43H36N6O7S2. The van der Waals surface area contributed by atoms with E-state index in [9.17, 15) is 31.8 Å². The Bertz CT molecular complexity index is 2640. The molecule has 2 unspecified atom stereocenters. The molecule has 58 heavy (non-hydrogen) atoms. The predicted molar refractivity (Wildman–Crippen MR) is 221 cm³/mol. The summed E-state index contributed by atoms with van der Waals surface area (Å²) >= 11 is 0. The number of sulfonamides is 2. The fraction of sp³-hybridized carbons (Fsp3) is 0.0930. The van der Waals surface area contributed by atoms with Crippen LogP contribution in [0.25, 0.3) is 0 Å². The van der Waals surface area contributed by atoms with Crippen molar-refractivity contribution >= 4 is 48.6 Å². The molecule has 0 fully saturated rings. The third kappa shape index (κ3) is 7.98. The summed E-state index contributed by atoms with van der Waals surface area (Å²) in [6.45, 7) is 0. The Morgan fingerprint density at radius 3 is 1.33 bits per heavy atom. The van der Waals surface area contributed by atoms with Crippen LogP contribution in [-0.4, -0.2) is 44.3 Å². The number of phenols is 2. The number of hydrazone groups is 2. The molecule has 2 heterocycles. The summed E-state index contributed by atoms with van der Waals surface area (Å²) in [6.07, 6.45) is 1.06. The van der Waals surface area contributed by atoms with Gasteiger partial charge in [-0.05, 0) is 71.8 Å². The number of rotatable bonds is 12. The maximum Gasteiger partial charge on any atom is 0.261 e. The number of ketones is 1. The van der Waals surface area contributed by atoms with Gasteiger partial charge in [-0.3, -0.25) is 14.2 Å². The van der Waals surface area contributed by atoms with Crippen molar-refractivity contribution in [3.05, 3.63) is 179 Å². The van der Waals surface area contributed by atoms with E-state index in [4.69, 9.17) is 0 Å². The molecule has 0 aliphatic carbocycles. The molecule has 0 saturated heterocycles. The summed E-state index contributed by atoms with van der Waals surface area (Å²) in [4.78, 5) is 13.3. The summed E-state index contributed by atoms with van der Waals surface area (Å²) < 4.78 is 58.9. The lowest BCUT2D eigenvalue weighted by Gasteiger charge is -2.12. The lowest BCUT2D eigenvalue weighted by Crippen LogP contribution is -2.15. The van der Waals surface area contributed by atoms with Crippen molar-refractivity contribution < 1.29 is 31.8 Å². The lowest BCUT2D eigenvalue weighted by atomic mass is 9.98. The van der Waals surface area contributed by atoms with Crippen LogP contribution in [0, 0.1) is 0 Å². The predicted octanol–water partition coefficient (Wildman–Crippen LogP) is 6.81. The Kier molecular flexibility index (Phi) is 10.1. The van der Waals surface area contributed by atoms with Crippen LogP contribution >= 0.6 is 0 Å². The molecule has 0 bridgehead atoms. The Morgan fingerprint density at radius 1 is 0.534 bits per heavy atom. The summed E-state index contributed by atoms with van der Waals surface area (Å²) in [6, 6.07) is 38.2. The van der Waals surface area contributed by atoms with Crippen LogP contribution in [-0.2, 0) is 20.0 Å². The second kappa shape index (κ2) is 15.5. The van der Waals surface area contributed by atoms with Crippen molar-refractivity contribution in [1.29, 1.82) is 0 Å². The van der Waals surface area contributed by atoms with Crippen molar-refractivity contribution in [2.45, 2.75) is 34.7 Å². The Labute approximate surface area is 334 Å². The van der Waals surface area contributed by atoms with Gasteiger partial charge in [-0.15, -0.1) is 0 Å². The molecule has 0 aromatic heterocycles. The number of aromatic hydroxyl groups is 2. The first-order valence-corrected chi connectivity index (χ1v) is 21.1. The van der Waals surface area contributed by atoms with Gasteiger partial charge in [-0.1, -0.05) is 84.9 Å². The van der Waals surface area contributed by atoms with Crippen LogP contribution in [0.5, 0.6) is 11.5 Å². The maximum atomic E-state index is 13.6. The molecular weight excluding hydrogens is 777 g/mol. The zero-order chi connectivity index (χ0) is 40.4. The average Bonchev–Trinajstić information content (AvgIpc) is 3.93. The molecule has 2 atom stereocenters. The van der Waals surface area contributed by atoms with Crippen molar-refractivity contribution in [3.8, 4) is 11.5 Å². The monoisotopic (exact) mass is 812 g/mol. The van der Waals surface area contributed by atoms with Crippen molar-refractivity contribution in [3.63, 3.8) is 0 Å². The van der Waals surface area contributed by atoms with Crippen LogP contribution in [0.2, 0.25) is 0 Å². The standard InChI is InChI=1S/C43H36N6O7S2/c50-41-13-3-1-11-35(41)39-25-37(44-46-39)27-15-19-31(20-16-27)48-57(53,54)33-9-5-7-29(23-33)43(52)30-8-6-10-34(24-30)58(55,56)49-32-21-17-28(18-22-32)38-26-40(47-45-38)36-12-2-4-14-42(36)51/h1-24,39-40,46-51H,25-26H2. The minimum atomic E-state index is -4.12. The van der Waals surface area contributed by atoms with Gasteiger partial charge >= 0.3 is 0 Å². The topological polar surface area (TPSA) is 199 Å². The molecule has 13 nitrogen and oxygen atoms in total. The molecule has 8 rings (SSSR count). The molecule has 6 aromatic rings. The summed E-state index contributed by atoms with van der Waals surface area (Å²) in [5.41, 5.74) is 11.3. The highest BCUT2D eigenvalue weighted by molar-refractivity contribution is 7.93. The molecule has 15 heteroatoms. The van der Waals surface area contributed by atoms with E-state index in [1.165, 1.54) is 48.5 Å². The number of para-hydroxylation sites is 2. The second-order valence-electron chi connectivity index (χ2n) is 13.8. The normalized spacial score (nSPS) is 16.4. The fourth-order valence-corrected chi connectivity index (χ4v) is 9.04. The Hall–Kier alpha value is -6.97. The first-order valence-electron chi connectivity index (χ1n) is 18.1. The van der Waals surface area contributed by atoms with Gasteiger partial charge in [0.05, 0.1) is 33.3 Å². The molecule has 0 saturated carbocycles. The number of benzene rings is 6. The van der Waals surface area contributed by atoms with E-state index >= 15 is 0 Å². The number of nitrogens with one attached hydrogen (secondary N) is 4. The first kappa shape index (κ1) is 37.9. The van der Waals surface area contributed by atoms with E-state index in [1.807, 2.05) is 24.3 Å². The highest BCUT2D eigenvalue weighted by atomic mass is 32.2. The van der Waals surface area contributed by atoms with E-state index in [-0.39, 0.29) is 44.5 Å². The van der Waals surface area contributed by atoms with Crippen LogP contribution < -0.4 is 20.3 Å². The fourth-order valence-electron chi connectivity index (χ4n) is 6.83. The number of hydrogen-bond acceptors (Lipinski definition) is 11. The molecule has 2 aliphatic rings. The van der Waals surface area contributed by atoms with Crippen LogP contribution in [0.1, 0.15) is 63.1 Å². The number of hydrogen-bond donors (Lipinski definition) is 6. The van der Waals surface area contributed by atoms with E-state index in [1.54, 1.807) is 72.8 Å². The van der Waals surface area contributed by atoms with Gasteiger partial charge < -0.3 is 21.1 Å². The van der Waals surface area contributed by atoms with Crippen LogP contribution in [0.15, 0.2) is 166 Å². The summed E-state index contributed by atoms with van der Waals surface area (Å²) in [5, 5.41) is 29.2. The van der Waals surface area contributed by atoms with Gasteiger partial charge in [0.25, 0.3) is 20.0 Å². The quantitative estimate of drug-likeness (QED) is 0.0719.